The predicted octanol–water partition coefficient (Wildman–Crippen LogP) is 3.27. The third-order valence-corrected chi connectivity index (χ3v) is 5.09. The van der Waals surface area contributed by atoms with E-state index in [2.05, 4.69) is 18.4 Å². The Morgan fingerprint density at radius 1 is 1.29 bits per heavy atom. The second-order valence-corrected chi connectivity index (χ2v) is 6.36. The van der Waals surface area contributed by atoms with Crippen molar-refractivity contribution < 1.29 is 4.74 Å². The molecule has 21 heavy (non-hydrogen) atoms. The minimum absolute atomic E-state index is 0.227. The van der Waals surface area contributed by atoms with Crippen molar-refractivity contribution in [1.82, 2.24) is 15.3 Å². The summed E-state index contributed by atoms with van der Waals surface area (Å²) in [5.74, 6) is 0.915. The van der Waals surface area contributed by atoms with Gasteiger partial charge >= 0.3 is 0 Å². The van der Waals surface area contributed by atoms with Crippen LogP contribution in [0.15, 0.2) is 6.20 Å². The molecule has 1 saturated carbocycles. The molecule has 1 atom stereocenters. The number of aryl methyl sites for hydroxylation is 1. The monoisotopic (exact) mass is 289 g/mol. The lowest BCUT2D eigenvalue weighted by molar-refractivity contribution is -0.0165. The molecular weight excluding hydrogens is 262 g/mol. The molecule has 1 unspecified atom stereocenters. The summed E-state index contributed by atoms with van der Waals surface area (Å²) in [5, 5.41) is 3.58. The van der Waals surface area contributed by atoms with Crippen molar-refractivity contribution in [3.63, 3.8) is 0 Å². The van der Waals surface area contributed by atoms with Gasteiger partial charge in [0.25, 0.3) is 0 Å². The van der Waals surface area contributed by atoms with Crippen molar-refractivity contribution >= 4 is 0 Å². The zero-order valence-corrected chi connectivity index (χ0v) is 13.3. The summed E-state index contributed by atoms with van der Waals surface area (Å²) in [6.07, 6.45) is 11.4. The first-order valence-corrected chi connectivity index (χ1v) is 8.44. The summed E-state index contributed by atoms with van der Waals surface area (Å²) in [4.78, 5) is 9.67. The summed E-state index contributed by atoms with van der Waals surface area (Å²) >= 11 is 0. The van der Waals surface area contributed by atoms with Crippen LogP contribution in [0.4, 0.5) is 0 Å². The molecular formula is C17H27N3O. The topological polar surface area (TPSA) is 47.0 Å². The Balaban J connectivity index is 1.94. The standard InChI is InChI=1S/C17H27N3O/c1-3-18-14-8-4-5-9-15-13(14)12-19-16(20-15)17(21-2)10-6-7-11-17/h12,14,18H,3-11H2,1-2H3. The van der Waals surface area contributed by atoms with E-state index in [0.29, 0.717) is 6.04 Å². The summed E-state index contributed by atoms with van der Waals surface area (Å²) in [5.41, 5.74) is 2.32. The van der Waals surface area contributed by atoms with Crippen LogP contribution in [0.3, 0.4) is 0 Å². The van der Waals surface area contributed by atoms with Crippen molar-refractivity contribution in [2.24, 2.45) is 0 Å². The van der Waals surface area contributed by atoms with Crippen LogP contribution >= 0.6 is 0 Å². The number of ether oxygens (including phenoxy) is 1. The molecule has 4 nitrogen and oxygen atoms in total. The highest BCUT2D eigenvalue weighted by molar-refractivity contribution is 5.25. The number of methoxy groups -OCH3 is 1. The van der Waals surface area contributed by atoms with Crippen molar-refractivity contribution in [3.05, 3.63) is 23.3 Å². The Labute approximate surface area is 127 Å². The maximum Gasteiger partial charge on any atom is 0.160 e. The van der Waals surface area contributed by atoms with Crippen LogP contribution in [-0.2, 0) is 16.8 Å². The van der Waals surface area contributed by atoms with Gasteiger partial charge in [-0.1, -0.05) is 13.3 Å². The Morgan fingerprint density at radius 3 is 2.81 bits per heavy atom. The molecule has 116 valence electrons. The lowest BCUT2D eigenvalue weighted by Crippen LogP contribution is -2.29. The molecule has 0 saturated heterocycles. The van der Waals surface area contributed by atoms with Gasteiger partial charge in [-0.3, -0.25) is 0 Å². The zero-order valence-electron chi connectivity index (χ0n) is 13.3. The molecule has 1 aromatic heterocycles. The quantitative estimate of drug-likeness (QED) is 0.864. The maximum atomic E-state index is 5.84. The largest absolute Gasteiger partial charge is 0.370 e. The van der Waals surface area contributed by atoms with Gasteiger partial charge in [0.2, 0.25) is 0 Å². The van der Waals surface area contributed by atoms with Gasteiger partial charge in [-0.15, -0.1) is 0 Å². The number of hydrogen-bond donors (Lipinski definition) is 1. The van der Waals surface area contributed by atoms with Crippen LogP contribution < -0.4 is 5.32 Å². The third-order valence-electron chi connectivity index (χ3n) is 5.09. The van der Waals surface area contributed by atoms with Gasteiger partial charge in [0.05, 0.1) is 0 Å². The van der Waals surface area contributed by atoms with Crippen molar-refractivity contribution in [2.75, 3.05) is 13.7 Å². The van der Waals surface area contributed by atoms with E-state index in [0.717, 1.165) is 31.6 Å². The van der Waals surface area contributed by atoms with E-state index in [4.69, 9.17) is 14.7 Å². The molecule has 1 N–H and O–H groups in total. The first kappa shape index (κ1) is 14.9. The minimum atomic E-state index is -0.227. The normalized spacial score (nSPS) is 24.6. The average molecular weight is 289 g/mol. The second-order valence-electron chi connectivity index (χ2n) is 6.36. The summed E-state index contributed by atoms with van der Waals surface area (Å²) < 4.78 is 5.84. The molecule has 2 aliphatic rings. The summed E-state index contributed by atoms with van der Waals surface area (Å²) in [6, 6.07) is 0.420. The van der Waals surface area contributed by atoms with Gasteiger partial charge in [-0.05, 0) is 51.5 Å². The molecule has 0 amide bonds. The maximum absolute atomic E-state index is 5.84. The molecule has 1 heterocycles. The number of rotatable bonds is 4. The fraction of sp³-hybridized carbons (Fsp3) is 0.765. The van der Waals surface area contributed by atoms with Crippen LogP contribution in [0.5, 0.6) is 0 Å². The molecule has 2 aliphatic carbocycles. The number of nitrogens with zero attached hydrogens (tertiary/aromatic N) is 2. The Hall–Kier alpha value is -1.00. The fourth-order valence-corrected chi connectivity index (χ4v) is 3.86. The molecule has 0 aliphatic heterocycles. The smallest absolute Gasteiger partial charge is 0.160 e. The molecule has 1 fully saturated rings. The second kappa shape index (κ2) is 6.41. The molecule has 0 bridgehead atoms. The predicted molar refractivity (Wildman–Crippen MR) is 83.2 cm³/mol. The summed E-state index contributed by atoms with van der Waals surface area (Å²) in [6.45, 7) is 3.16. The highest BCUT2D eigenvalue weighted by atomic mass is 16.5. The third kappa shape index (κ3) is 2.84. The van der Waals surface area contributed by atoms with Crippen molar-refractivity contribution in [3.8, 4) is 0 Å². The van der Waals surface area contributed by atoms with E-state index in [-0.39, 0.29) is 5.60 Å². The van der Waals surface area contributed by atoms with Gasteiger partial charge in [0.15, 0.2) is 5.82 Å². The van der Waals surface area contributed by atoms with Crippen LogP contribution in [0, 0.1) is 0 Å². The number of hydrogen-bond acceptors (Lipinski definition) is 4. The number of aromatic nitrogens is 2. The van der Waals surface area contributed by atoms with Gasteiger partial charge in [0.1, 0.15) is 5.60 Å². The number of fused-ring (bicyclic) bond motifs is 1. The molecule has 0 aromatic carbocycles. The van der Waals surface area contributed by atoms with E-state index in [1.54, 1.807) is 0 Å². The van der Waals surface area contributed by atoms with Crippen LogP contribution in [0.1, 0.15) is 75.0 Å². The minimum Gasteiger partial charge on any atom is -0.370 e. The van der Waals surface area contributed by atoms with E-state index >= 15 is 0 Å². The van der Waals surface area contributed by atoms with E-state index in [1.165, 1.54) is 43.4 Å². The number of nitrogens with one attached hydrogen (secondary N) is 1. The van der Waals surface area contributed by atoms with Crippen molar-refractivity contribution in [2.45, 2.75) is 69.9 Å². The first-order valence-electron chi connectivity index (χ1n) is 8.44. The molecule has 4 heteroatoms. The van der Waals surface area contributed by atoms with Crippen LogP contribution in [0.25, 0.3) is 0 Å². The highest BCUT2D eigenvalue weighted by Gasteiger charge is 2.39. The SMILES string of the molecule is CCNC1CCCCc2nc(C3(OC)CCCC3)ncc21. The van der Waals surface area contributed by atoms with E-state index < -0.39 is 0 Å². The van der Waals surface area contributed by atoms with Crippen molar-refractivity contribution in [1.29, 1.82) is 0 Å². The van der Waals surface area contributed by atoms with Gasteiger partial charge < -0.3 is 10.1 Å². The Morgan fingerprint density at radius 2 is 2.10 bits per heavy atom. The van der Waals surface area contributed by atoms with Crippen LogP contribution in [0.2, 0.25) is 0 Å². The van der Waals surface area contributed by atoms with Gasteiger partial charge in [-0.2, -0.15) is 0 Å². The molecule has 1 aromatic rings. The molecule has 0 radical (unpaired) electrons. The lowest BCUT2D eigenvalue weighted by Gasteiger charge is -2.27. The Bertz CT molecular complexity index is 483. The fourth-order valence-electron chi connectivity index (χ4n) is 3.86. The van der Waals surface area contributed by atoms with Crippen LogP contribution in [-0.4, -0.2) is 23.6 Å². The van der Waals surface area contributed by atoms with E-state index in [9.17, 15) is 0 Å². The van der Waals surface area contributed by atoms with Gasteiger partial charge in [0, 0.05) is 30.6 Å². The van der Waals surface area contributed by atoms with E-state index in [1.807, 2.05) is 7.11 Å². The summed E-state index contributed by atoms with van der Waals surface area (Å²) in [7, 11) is 1.81. The molecule has 0 spiro atoms. The molecule has 3 rings (SSSR count). The van der Waals surface area contributed by atoms with Gasteiger partial charge in [-0.25, -0.2) is 9.97 Å². The first-order chi connectivity index (χ1) is 10.3. The highest BCUT2D eigenvalue weighted by Crippen LogP contribution is 2.40. The Kier molecular flexibility index (Phi) is 4.55. The zero-order chi connectivity index (χ0) is 14.7. The average Bonchev–Trinajstić information content (AvgIpc) is 2.92. The lowest BCUT2D eigenvalue weighted by atomic mass is 9.99.